The predicted octanol–water partition coefficient (Wildman–Crippen LogP) is 3.31. The van der Waals surface area contributed by atoms with Gasteiger partial charge in [0.2, 0.25) is 5.91 Å². The maximum absolute atomic E-state index is 13.2. The van der Waals surface area contributed by atoms with Crippen LogP contribution in [0, 0.1) is 5.92 Å². The molecule has 8 heteroatoms. The highest BCUT2D eigenvalue weighted by Crippen LogP contribution is 2.39. The van der Waals surface area contributed by atoms with Crippen molar-refractivity contribution in [3.8, 4) is 0 Å². The average Bonchev–Trinajstić information content (AvgIpc) is 2.58. The Kier molecular flexibility index (Phi) is 6.92. The van der Waals surface area contributed by atoms with E-state index in [0.29, 0.717) is 24.3 Å². The zero-order valence-electron chi connectivity index (χ0n) is 15.8. The van der Waals surface area contributed by atoms with Crippen molar-refractivity contribution in [3.63, 3.8) is 0 Å². The molecule has 1 aromatic rings. The van der Waals surface area contributed by atoms with Crippen LogP contribution < -0.4 is 0 Å². The van der Waals surface area contributed by atoms with Crippen LogP contribution in [0.3, 0.4) is 0 Å². The molecule has 1 heterocycles. The van der Waals surface area contributed by atoms with Gasteiger partial charge in [-0.2, -0.15) is 0 Å². The standard InChI is InChI=1S/C19H26ClNO5S/c1-4-16(12(2)27(3,25)26)21-17(13-5-8-15(20)9-6-13)10-7-14(19(21)24)11-18(22)23/h5-6,8-9,12,14,16-17H,4,7,10-11H2,1-3H3,(H,22,23). The van der Waals surface area contributed by atoms with Gasteiger partial charge in [-0.3, -0.25) is 9.59 Å². The summed E-state index contributed by atoms with van der Waals surface area (Å²) in [4.78, 5) is 26.0. The van der Waals surface area contributed by atoms with E-state index < -0.39 is 33.0 Å². The molecule has 0 spiro atoms. The molecule has 0 bridgehead atoms. The molecule has 1 aromatic carbocycles. The molecule has 27 heavy (non-hydrogen) atoms. The van der Waals surface area contributed by atoms with Crippen molar-refractivity contribution in [2.24, 2.45) is 5.92 Å². The van der Waals surface area contributed by atoms with Gasteiger partial charge in [0.25, 0.3) is 0 Å². The van der Waals surface area contributed by atoms with E-state index in [4.69, 9.17) is 16.7 Å². The first-order valence-electron chi connectivity index (χ1n) is 9.04. The van der Waals surface area contributed by atoms with E-state index >= 15 is 0 Å². The summed E-state index contributed by atoms with van der Waals surface area (Å²) in [5.41, 5.74) is 0.876. The summed E-state index contributed by atoms with van der Waals surface area (Å²) in [7, 11) is -3.37. The number of aliphatic carboxylic acids is 1. The van der Waals surface area contributed by atoms with E-state index in [1.54, 1.807) is 24.0 Å². The fourth-order valence-electron chi connectivity index (χ4n) is 3.83. The largest absolute Gasteiger partial charge is 0.481 e. The number of carboxylic acid groups (broad SMARTS) is 1. The van der Waals surface area contributed by atoms with Gasteiger partial charge >= 0.3 is 5.97 Å². The highest BCUT2D eigenvalue weighted by atomic mass is 35.5. The minimum absolute atomic E-state index is 0.244. The van der Waals surface area contributed by atoms with Crippen LogP contribution in [0.4, 0.5) is 0 Å². The highest BCUT2D eigenvalue weighted by molar-refractivity contribution is 7.91. The van der Waals surface area contributed by atoms with E-state index in [9.17, 15) is 18.0 Å². The lowest BCUT2D eigenvalue weighted by Gasteiger charge is -2.45. The number of carboxylic acids is 1. The van der Waals surface area contributed by atoms with Crippen LogP contribution in [0.5, 0.6) is 0 Å². The summed E-state index contributed by atoms with van der Waals surface area (Å²) in [6, 6.07) is 6.33. The van der Waals surface area contributed by atoms with Crippen LogP contribution in [0.25, 0.3) is 0 Å². The lowest BCUT2D eigenvalue weighted by molar-refractivity contribution is -0.151. The first kappa shape index (κ1) is 21.7. The van der Waals surface area contributed by atoms with Crippen molar-refractivity contribution in [2.75, 3.05) is 6.26 Å². The zero-order valence-corrected chi connectivity index (χ0v) is 17.3. The Morgan fingerprint density at radius 3 is 2.37 bits per heavy atom. The fraction of sp³-hybridized carbons (Fsp3) is 0.579. The molecule has 1 aliphatic rings. The molecule has 1 saturated heterocycles. The van der Waals surface area contributed by atoms with E-state index in [1.807, 2.05) is 19.1 Å². The maximum Gasteiger partial charge on any atom is 0.304 e. The molecule has 6 nitrogen and oxygen atoms in total. The molecule has 0 aliphatic carbocycles. The molecule has 0 radical (unpaired) electrons. The minimum Gasteiger partial charge on any atom is -0.481 e. The number of nitrogens with zero attached hydrogens (tertiary/aromatic N) is 1. The molecule has 4 atom stereocenters. The maximum atomic E-state index is 13.2. The van der Waals surface area contributed by atoms with Crippen LogP contribution in [-0.2, 0) is 19.4 Å². The van der Waals surface area contributed by atoms with Crippen LogP contribution in [0.2, 0.25) is 5.02 Å². The molecule has 150 valence electrons. The topological polar surface area (TPSA) is 91.8 Å². The number of rotatable bonds is 7. The summed E-state index contributed by atoms with van der Waals surface area (Å²) in [6.07, 6.45) is 2.42. The summed E-state index contributed by atoms with van der Waals surface area (Å²) >= 11 is 5.97. The number of halogens is 1. The summed E-state index contributed by atoms with van der Waals surface area (Å²) < 4.78 is 24.4. The van der Waals surface area contributed by atoms with E-state index in [1.165, 1.54) is 6.26 Å². The lowest BCUT2D eigenvalue weighted by Crippen LogP contribution is -2.54. The van der Waals surface area contributed by atoms with Crippen LogP contribution in [0.1, 0.15) is 51.1 Å². The second kappa shape index (κ2) is 8.61. The van der Waals surface area contributed by atoms with Crippen molar-refractivity contribution in [1.82, 2.24) is 4.90 Å². The second-order valence-electron chi connectivity index (χ2n) is 7.20. The number of likely N-dealkylation sites (tertiary alicyclic amines) is 1. The highest BCUT2D eigenvalue weighted by Gasteiger charge is 2.43. The smallest absolute Gasteiger partial charge is 0.304 e. The first-order valence-corrected chi connectivity index (χ1v) is 11.4. The Hall–Kier alpha value is -1.60. The normalized spacial score (nSPS) is 23.1. The van der Waals surface area contributed by atoms with Gasteiger partial charge in [0.1, 0.15) is 0 Å². The van der Waals surface area contributed by atoms with Crippen LogP contribution >= 0.6 is 11.6 Å². The van der Waals surface area contributed by atoms with E-state index in [-0.39, 0.29) is 18.4 Å². The van der Waals surface area contributed by atoms with Crippen LogP contribution in [0.15, 0.2) is 24.3 Å². The molecule has 1 N–H and O–H groups in total. The van der Waals surface area contributed by atoms with Crippen molar-refractivity contribution >= 4 is 33.3 Å². The number of hydrogen-bond acceptors (Lipinski definition) is 4. The molecule has 1 amide bonds. The van der Waals surface area contributed by atoms with Gasteiger partial charge in [0, 0.05) is 23.2 Å². The van der Waals surface area contributed by atoms with Crippen LogP contribution in [-0.4, -0.2) is 47.8 Å². The molecule has 1 aliphatic heterocycles. The third kappa shape index (κ3) is 5.02. The number of sulfone groups is 1. The van der Waals surface area contributed by atoms with E-state index in [0.717, 1.165) is 5.56 Å². The van der Waals surface area contributed by atoms with Crippen molar-refractivity contribution < 1.29 is 23.1 Å². The fourth-order valence-corrected chi connectivity index (χ4v) is 4.85. The third-order valence-electron chi connectivity index (χ3n) is 5.40. The zero-order chi connectivity index (χ0) is 20.4. The van der Waals surface area contributed by atoms with Crippen molar-refractivity contribution in [3.05, 3.63) is 34.9 Å². The van der Waals surface area contributed by atoms with Gasteiger partial charge in [0.05, 0.1) is 17.7 Å². The second-order valence-corrected chi connectivity index (χ2v) is 10.0. The number of hydrogen-bond donors (Lipinski definition) is 1. The number of carbonyl (C=O) groups is 2. The molecule has 0 aromatic heterocycles. The Balaban J connectivity index is 2.47. The van der Waals surface area contributed by atoms with Gasteiger partial charge in [-0.15, -0.1) is 0 Å². The Labute approximate surface area is 165 Å². The number of amides is 1. The summed E-state index contributed by atoms with van der Waals surface area (Å²) in [6.45, 7) is 3.45. The quantitative estimate of drug-likeness (QED) is 0.737. The molecule has 1 fully saturated rings. The van der Waals surface area contributed by atoms with Gasteiger partial charge < -0.3 is 10.0 Å². The van der Waals surface area contributed by atoms with Gasteiger partial charge in [0.15, 0.2) is 9.84 Å². The molecular weight excluding hydrogens is 390 g/mol. The average molecular weight is 416 g/mol. The first-order chi connectivity index (χ1) is 12.6. The Morgan fingerprint density at radius 2 is 1.89 bits per heavy atom. The van der Waals surface area contributed by atoms with Crippen molar-refractivity contribution in [1.29, 1.82) is 0 Å². The number of benzene rings is 1. The van der Waals surface area contributed by atoms with Gasteiger partial charge in [-0.25, -0.2) is 8.42 Å². The van der Waals surface area contributed by atoms with E-state index in [2.05, 4.69) is 0 Å². The van der Waals surface area contributed by atoms with Gasteiger partial charge in [-0.05, 0) is 43.9 Å². The molecule has 2 rings (SSSR count). The Bertz CT molecular complexity index is 793. The summed E-state index contributed by atoms with van der Waals surface area (Å²) in [5, 5.41) is 8.97. The molecule has 4 unspecified atom stereocenters. The van der Waals surface area contributed by atoms with Crippen molar-refractivity contribution in [2.45, 2.75) is 56.9 Å². The third-order valence-corrected chi connectivity index (χ3v) is 7.31. The van der Waals surface area contributed by atoms with Gasteiger partial charge in [-0.1, -0.05) is 30.7 Å². The Morgan fingerprint density at radius 1 is 1.30 bits per heavy atom. The SMILES string of the molecule is CCC(C(C)S(C)(=O)=O)N1C(=O)C(CC(=O)O)CCC1c1ccc(Cl)cc1. The lowest BCUT2D eigenvalue weighted by atomic mass is 9.84. The number of carbonyl (C=O) groups excluding carboxylic acids is 1. The monoisotopic (exact) mass is 415 g/mol. The number of piperidine rings is 1. The predicted molar refractivity (Wildman–Crippen MR) is 104 cm³/mol. The molecular formula is C19H26ClNO5S. The molecule has 0 saturated carbocycles. The summed E-state index contributed by atoms with van der Waals surface area (Å²) in [5.74, 6) is -1.94. The minimum atomic E-state index is -3.37.